The molecule has 0 unspecified atom stereocenters. The van der Waals surface area contributed by atoms with E-state index in [4.69, 9.17) is 4.74 Å². The molecule has 2 fully saturated rings. The Morgan fingerprint density at radius 3 is 2.21 bits per heavy atom. The minimum absolute atomic E-state index is 0.0478. The maximum Gasteiger partial charge on any atom is 0.332 e. The van der Waals surface area contributed by atoms with Gasteiger partial charge in [-0.15, -0.1) is 0 Å². The first-order valence-corrected chi connectivity index (χ1v) is 12.2. The van der Waals surface area contributed by atoms with Crippen LogP contribution < -0.4 is 10.4 Å². The second-order valence-electron chi connectivity index (χ2n) is 9.42. The second-order valence-corrected chi connectivity index (χ2v) is 9.42. The Morgan fingerprint density at radius 1 is 0.758 bits per heavy atom. The van der Waals surface area contributed by atoms with E-state index in [0.29, 0.717) is 12.1 Å². The van der Waals surface area contributed by atoms with Gasteiger partial charge in [0.05, 0.1) is 5.69 Å². The first-order chi connectivity index (χ1) is 16.2. The van der Waals surface area contributed by atoms with Gasteiger partial charge in [0.2, 0.25) is 0 Å². The Hall–Kier alpha value is -2.83. The molecule has 0 radical (unpaired) electrons. The van der Waals surface area contributed by atoms with Crippen molar-refractivity contribution in [2.75, 3.05) is 33.2 Å². The molecule has 174 valence electrons. The summed E-state index contributed by atoms with van der Waals surface area (Å²) in [5, 5.41) is 0. The van der Waals surface area contributed by atoms with Crippen LogP contribution in [0.3, 0.4) is 0 Å². The van der Waals surface area contributed by atoms with Crippen molar-refractivity contribution in [1.29, 1.82) is 0 Å². The van der Waals surface area contributed by atoms with Crippen molar-refractivity contribution in [2.24, 2.45) is 0 Å². The predicted octanol–water partition coefficient (Wildman–Crippen LogP) is 4.55. The molecule has 3 aromatic rings. The molecule has 33 heavy (non-hydrogen) atoms. The van der Waals surface area contributed by atoms with E-state index in [9.17, 15) is 4.79 Å². The van der Waals surface area contributed by atoms with Crippen molar-refractivity contribution in [2.45, 2.75) is 44.2 Å². The molecule has 1 aromatic heterocycles. The molecule has 6 nitrogen and oxygen atoms in total. The van der Waals surface area contributed by atoms with Crippen LogP contribution in [-0.4, -0.2) is 58.2 Å². The average Bonchev–Trinajstić information content (AvgIpc) is 3.09. The van der Waals surface area contributed by atoms with Crippen LogP contribution in [0.4, 0.5) is 0 Å². The monoisotopic (exact) mass is 446 g/mol. The van der Waals surface area contributed by atoms with Gasteiger partial charge in [0.15, 0.2) is 0 Å². The minimum Gasteiger partial charge on any atom is -0.457 e. The zero-order valence-corrected chi connectivity index (χ0v) is 19.5. The highest BCUT2D eigenvalue weighted by Gasteiger charge is 2.28. The Kier molecular flexibility index (Phi) is 6.65. The Balaban J connectivity index is 1.22. The molecule has 1 aliphatic carbocycles. The van der Waals surface area contributed by atoms with Gasteiger partial charge in [0, 0.05) is 37.6 Å². The summed E-state index contributed by atoms with van der Waals surface area (Å²) in [4.78, 5) is 18.3. The first-order valence-electron chi connectivity index (χ1n) is 12.2. The number of nitrogens with zero attached hydrogens (tertiary/aromatic N) is 4. The van der Waals surface area contributed by atoms with Gasteiger partial charge in [-0.3, -0.25) is 14.0 Å². The molecule has 1 saturated heterocycles. The fraction of sp³-hybridized carbons (Fsp3) is 0.444. The minimum atomic E-state index is 0.0478. The number of aromatic nitrogens is 2. The van der Waals surface area contributed by atoms with Crippen molar-refractivity contribution in [3.05, 3.63) is 77.5 Å². The largest absolute Gasteiger partial charge is 0.457 e. The summed E-state index contributed by atoms with van der Waals surface area (Å²) in [7, 11) is 2.22. The van der Waals surface area contributed by atoms with E-state index in [1.54, 1.807) is 4.57 Å². The molecule has 5 rings (SSSR count). The van der Waals surface area contributed by atoms with Crippen molar-refractivity contribution in [3.63, 3.8) is 0 Å². The highest BCUT2D eigenvalue weighted by Crippen LogP contribution is 2.31. The van der Waals surface area contributed by atoms with Crippen LogP contribution in [0.2, 0.25) is 0 Å². The van der Waals surface area contributed by atoms with Gasteiger partial charge in [-0.25, -0.2) is 4.79 Å². The summed E-state index contributed by atoms with van der Waals surface area (Å²) in [6.45, 7) is 4.75. The second kappa shape index (κ2) is 9.98. The van der Waals surface area contributed by atoms with Gasteiger partial charge in [0.25, 0.3) is 0 Å². The first kappa shape index (κ1) is 22.0. The third-order valence-electron chi connectivity index (χ3n) is 7.23. The summed E-state index contributed by atoms with van der Waals surface area (Å²) in [5.41, 5.74) is 0.910. The van der Waals surface area contributed by atoms with Crippen LogP contribution in [0.15, 0.2) is 71.8 Å². The van der Waals surface area contributed by atoms with Crippen LogP contribution in [0.1, 0.15) is 38.1 Å². The fourth-order valence-electron chi connectivity index (χ4n) is 5.30. The summed E-state index contributed by atoms with van der Waals surface area (Å²) in [6, 6.07) is 18.4. The van der Waals surface area contributed by atoms with Crippen molar-refractivity contribution in [3.8, 4) is 17.2 Å². The average molecular weight is 447 g/mol. The quantitative estimate of drug-likeness (QED) is 0.577. The van der Waals surface area contributed by atoms with Gasteiger partial charge in [-0.05, 0) is 88.6 Å². The zero-order chi connectivity index (χ0) is 22.6. The van der Waals surface area contributed by atoms with Gasteiger partial charge >= 0.3 is 5.69 Å². The van der Waals surface area contributed by atoms with E-state index in [1.165, 1.54) is 38.9 Å². The summed E-state index contributed by atoms with van der Waals surface area (Å²) < 4.78 is 9.56. The molecule has 1 aliphatic heterocycles. The Morgan fingerprint density at radius 2 is 1.45 bits per heavy atom. The Bertz CT molecular complexity index is 1080. The van der Waals surface area contributed by atoms with E-state index in [1.807, 2.05) is 71.6 Å². The van der Waals surface area contributed by atoms with Crippen molar-refractivity contribution < 1.29 is 4.74 Å². The highest BCUT2D eigenvalue weighted by atomic mass is 16.5. The van der Waals surface area contributed by atoms with E-state index >= 15 is 0 Å². The molecule has 0 atom stereocenters. The molecular weight excluding hydrogens is 412 g/mol. The van der Waals surface area contributed by atoms with Crippen molar-refractivity contribution in [1.82, 2.24) is 18.9 Å². The van der Waals surface area contributed by atoms with Gasteiger partial charge in [0.1, 0.15) is 11.5 Å². The van der Waals surface area contributed by atoms with Crippen molar-refractivity contribution >= 4 is 0 Å². The smallest absolute Gasteiger partial charge is 0.332 e. The number of benzene rings is 2. The molecule has 0 bridgehead atoms. The van der Waals surface area contributed by atoms with E-state index < -0.39 is 0 Å². The van der Waals surface area contributed by atoms with E-state index in [-0.39, 0.29) is 5.69 Å². The molecule has 0 N–H and O–H groups in total. The number of rotatable bonds is 5. The van der Waals surface area contributed by atoms with Gasteiger partial charge in [-0.2, -0.15) is 0 Å². The predicted molar refractivity (Wildman–Crippen MR) is 132 cm³/mol. The summed E-state index contributed by atoms with van der Waals surface area (Å²) in [6.07, 6.45) is 9.62. The normalized spacial score (nSPS) is 22.7. The van der Waals surface area contributed by atoms with E-state index in [0.717, 1.165) is 36.6 Å². The highest BCUT2D eigenvalue weighted by molar-refractivity contribution is 5.39. The maximum absolute atomic E-state index is 13.2. The Labute approximate surface area is 196 Å². The molecule has 2 aromatic carbocycles. The summed E-state index contributed by atoms with van der Waals surface area (Å²) >= 11 is 0. The number of hydrogen-bond donors (Lipinski definition) is 0. The third-order valence-corrected chi connectivity index (χ3v) is 7.23. The molecule has 1 saturated carbocycles. The molecule has 0 amide bonds. The summed E-state index contributed by atoms with van der Waals surface area (Å²) in [5.74, 6) is 1.56. The van der Waals surface area contributed by atoms with Crippen LogP contribution in [0.5, 0.6) is 11.5 Å². The van der Waals surface area contributed by atoms with Crippen LogP contribution in [-0.2, 0) is 0 Å². The lowest BCUT2D eigenvalue weighted by atomic mass is 9.90. The topological polar surface area (TPSA) is 42.6 Å². The maximum atomic E-state index is 13.2. The molecule has 0 spiro atoms. The van der Waals surface area contributed by atoms with Crippen LogP contribution >= 0.6 is 0 Å². The lowest BCUT2D eigenvalue weighted by molar-refractivity contribution is 0.141. The zero-order valence-electron chi connectivity index (χ0n) is 19.5. The van der Waals surface area contributed by atoms with E-state index in [2.05, 4.69) is 16.8 Å². The standard InChI is InChI=1S/C27H34N4O2/c1-28-16-5-17-29(19-18-28)22-8-10-23(11-9-22)30-20-21-31(27(30)32)24-12-14-26(15-13-24)33-25-6-3-2-4-7-25/h2-4,6-7,12-15,20-23H,5,8-11,16-19H2,1H3. The number of hydrogen-bond acceptors (Lipinski definition) is 4. The lowest BCUT2D eigenvalue weighted by Crippen LogP contribution is -2.41. The van der Waals surface area contributed by atoms with Gasteiger partial charge in [-0.1, -0.05) is 18.2 Å². The lowest BCUT2D eigenvalue weighted by Gasteiger charge is -2.36. The molecule has 6 heteroatoms. The molecule has 2 heterocycles. The third kappa shape index (κ3) is 5.07. The number of para-hydroxylation sites is 1. The van der Waals surface area contributed by atoms with Gasteiger partial charge < -0.3 is 9.64 Å². The number of imidazole rings is 1. The molecule has 2 aliphatic rings. The number of likely N-dealkylation sites (N-methyl/N-ethyl adjacent to an activating group) is 1. The van der Waals surface area contributed by atoms with Crippen LogP contribution in [0, 0.1) is 0 Å². The SMILES string of the molecule is CN1CCCN(C2CCC(n3ccn(-c4ccc(Oc5ccccc5)cc4)c3=O)CC2)CC1. The molecular formula is C27H34N4O2. The van der Waals surface area contributed by atoms with Crippen LogP contribution in [0.25, 0.3) is 5.69 Å². The fourth-order valence-corrected chi connectivity index (χ4v) is 5.30. The number of ether oxygens (including phenoxy) is 1.